The van der Waals surface area contributed by atoms with Crippen LogP contribution < -0.4 is 14.9 Å². The monoisotopic (exact) mass is 330 g/mol. The summed E-state index contributed by atoms with van der Waals surface area (Å²) in [6.45, 7) is 2.35. The molecule has 0 spiro atoms. The highest BCUT2D eigenvalue weighted by Gasteiger charge is 2.04. The third-order valence-corrected chi connectivity index (χ3v) is 3.41. The van der Waals surface area contributed by atoms with Gasteiger partial charge >= 0.3 is 0 Å². The molecule has 0 aromatic heterocycles. The molecule has 1 amide bonds. The first kappa shape index (κ1) is 19.6. The van der Waals surface area contributed by atoms with E-state index >= 15 is 0 Å². The largest absolute Gasteiger partial charge is 0.493 e. The van der Waals surface area contributed by atoms with Gasteiger partial charge in [-0.2, -0.15) is 5.10 Å². The Morgan fingerprint density at radius 2 is 2.08 bits per heavy atom. The van der Waals surface area contributed by atoms with Gasteiger partial charge in [0.05, 0.1) is 13.3 Å². The summed E-state index contributed by atoms with van der Waals surface area (Å²) in [5, 5.41) is 3.97. The molecule has 0 radical (unpaired) electrons. The molecule has 130 valence electrons. The quantitative estimate of drug-likeness (QED) is 0.292. The zero-order chi connectivity index (χ0) is 17.6. The van der Waals surface area contributed by atoms with Gasteiger partial charge in [0.25, 0.3) is 0 Å². The molecule has 0 heterocycles. The molecule has 1 aromatic carbocycles. The van der Waals surface area contributed by atoms with Gasteiger partial charge in [-0.25, -0.2) is 5.43 Å². The first-order valence-corrected chi connectivity index (χ1v) is 8.27. The molecule has 1 aromatic rings. The van der Waals surface area contributed by atoms with E-state index in [2.05, 4.69) is 23.4 Å². The fourth-order valence-electron chi connectivity index (χ4n) is 2.13. The lowest BCUT2D eigenvalue weighted by Gasteiger charge is -2.09. The number of benzene rings is 1. The number of hydrazone groups is 1. The number of carbonyl (C=O) groups is 1. The van der Waals surface area contributed by atoms with Crippen molar-refractivity contribution >= 4 is 12.1 Å². The van der Waals surface area contributed by atoms with Crippen LogP contribution in [0.25, 0.3) is 0 Å². The maximum atomic E-state index is 11.7. The van der Waals surface area contributed by atoms with E-state index in [0.717, 1.165) is 18.4 Å². The second kappa shape index (κ2) is 12.0. The first-order valence-electron chi connectivity index (χ1n) is 8.27. The van der Waals surface area contributed by atoms with E-state index in [1.54, 1.807) is 25.5 Å². The van der Waals surface area contributed by atoms with Crippen LogP contribution in [0.3, 0.4) is 0 Å². The highest BCUT2D eigenvalue weighted by atomic mass is 16.5. The van der Waals surface area contributed by atoms with Crippen LogP contribution in [0.15, 0.2) is 23.3 Å². The van der Waals surface area contributed by atoms with E-state index in [0.29, 0.717) is 17.9 Å². The number of amides is 1. The third-order valence-electron chi connectivity index (χ3n) is 3.41. The summed E-state index contributed by atoms with van der Waals surface area (Å²) in [6, 6.07) is 5.34. The Bertz CT molecular complexity index is 576. The fraction of sp³-hybridized carbons (Fsp3) is 0.474. The number of methoxy groups -OCH3 is 1. The zero-order valence-corrected chi connectivity index (χ0v) is 14.5. The Morgan fingerprint density at radius 1 is 1.29 bits per heavy atom. The first-order chi connectivity index (χ1) is 11.7. The Hall–Kier alpha value is -2.48. The molecule has 0 aliphatic heterocycles. The molecule has 0 fully saturated rings. The van der Waals surface area contributed by atoms with Crippen molar-refractivity contribution < 1.29 is 14.3 Å². The van der Waals surface area contributed by atoms with Gasteiger partial charge in [-0.05, 0) is 30.2 Å². The average Bonchev–Trinajstić information content (AvgIpc) is 2.60. The summed E-state index contributed by atoms with van der Waals surface area (Å²) >= 11 is 0. The van der Waals surface area contributed by atoms with Crippen molar-refractivity contribution in [2.24, 2.45) is 5.10 Å². The maximum absolute atomic E-state index is 11.7. The van der Waals surface area contributed by atoms with Crippen LogP contribution in [0.1, 0.15) is 51.0 Å². The molecule has 0 saturated carbocycles. The summed E-state index contributed by atoms with van der Waals surface area (Å²) in [6.07, 6.45) is 12.8. The lowest BCUT2D eigenvalue weighted by molar-refractivity contribution is -0.121. The van der Waals surface area contributed by atoms with E-state index < -0.39 is 0 Å². The number of nitrogens with one attached hydrogen (secondary N) is 1. The van der Waals surface area contributed by atoms with Gasteiger partial charge in [0.15, 0.2) is 11.5 Å². The van der Waals surface area contributed by atoms with Gasteiger partial charge in [0, 0.05) is 6.42 Å². The van der Waals surface area contributed by atoms with Crippen LogP contribution in [0.2, 0.25) is 0 Å². The minimum atomic E-state index is -0.0660. The predicted octanol–water partition coefficient (Wildman–Crippen LogP) is 3.52. The van der Waals surface area contributed by atoms with Crippen molar-refractivity contribution in [3.8, 4) is 23.8 Å². The van der Waals surface area contributed by atoms with Gasteiger partial charge in [-0.3, -0.25) is 4.79 Å². The maximum Gasteiger partial charge on any atom is 0.240 e. The molecular formula is C19H26N2O3. The molecule has 5 nitrogen and oxygen atoms in total. The molecular weight excluding hydrogens is 304 g/mol. The lowest BCUT2D eigenvalue weighted by Crippen LogP contribution is -2.16. The Labute approximate surface area is 144 Å². The van der Waals surface area contributed by atoms with Crippen molar-refractivity contribution in [1.29, 1.82) is 0 Å². The van der Waals surface area contributed by atoms with Crippen molar-refractivity contribution in [3.63, 3.8) is 0 Å². The molecule has 24 heavy (non-hydrogen) atoms. The third kappa shape index (κ3) is 7.68. The number of carbonyl (C=O) groups excluding carboxylic acids is 1. The van der Waals surface area contributed by atoms with Crippen LogP contribution in [0.5, 0.6) is 11.5 Å². The van der Waals surface area contributed by atoms with Gasteiger partial charge < -0.3 is 9.47 Å². The standard InChI is InChI=1S/C19H26N2O3/c1-4-6-7-8-9-10-19(22)21-20-15-16-11-12-17(24-13-5-2)18(14-16)23-3/h2,11-12,14-15H,4,6-10,13H2,1,3H3,(H,21,22)/b20-15-. The summed E-state index contributed by atoms with van der Waals surface area (Å²) in [5.41, 5.74) is 3.33. The second-order valence-electron chi connectivity index (χ2n) is 5.36. The summed E-state index contributed by atoms with van der Waals surface area (Å²) < 4.78 is 10.6. The molecule has 0 aliphatic carbocycles. The van der Waals surface area contributed by atoms with E-state index in [1.165, 1.54) is 19.3 Å². The minimum absolute atomic E-state index is 0.0660. The number of terminal acetylenes is 1. The van der Waals surface area contributed by atoms with Crippen LogP contribution in [-0.4, -0.2) is 25.8 Å². The number of hydrogen-bond donors (Lipinski definition) is 1. The molecule has 1 rings (SSSR count). The summed E-state index contributed by atoms with van der Waals surface area (Å²) in [7, 11) is 1.55. The van der Waals surface area contributed by atoms with Crippen molar-refractivity contribution in [2.75, 3.05) is 13.7 Å². The fourth-order valence-corrected chi connectivity index (χ4v) is 2.13. The zero-order valence-electron chi connectivity index (χ0n) is 14.5. The van der Waals surface area contributed by atoms with Gasteiger partial charge in [0.2, 0.25) is 5.91 Å². The number of hydrogen-bond acceptors (Lipinski definition) is 4. The molecule has 5 heteroatoms. The van der Waals surface area contributed by atoms with Crippen LogP contribution in [0.4, 0.5) is 0 Å². The number of nitrogens with zero attached hydrogens (tertiary/aromatic N) is 1. The van der Waals surface area contributed by atoms with Gasteiger partial charge in [-0.15, -0.1) is 6.42 Å². The molecule has 0 saturated heterocycles. The van der Waals surface area contributed by atoms with Crippen LogP contribution in [-0.2, 0) is 4.79 Å². The van der Waals surface area contributed by atoms with Gasteiger partial charge in [-0.1, -0.05) is 38.5 Å². The second-order valence-corrected chi connectivity index (χ2v) is 5.36. The molecule has 1 N–H and O–H groups in total. The van der Waals surface area contributed by atoms with E-state index in [-0.39, 0.29) is 12.5 Å². The Morgan fingerprint density at radius 3 is 2.79 bits per heavy atom. The van der Waals surface area contributed by atoms with E-state index in [4.69, 9.17) is 15.9 Å². The van der Waals surface area contributed by atoms with Crippen molar-refractivity contribution in [1.82, 2.24) is 5.43 Å². The van der Waals surface area contributed by atoms with Crippen molar-refractivity contribution in [3.05, 3.63) is 23.8 Å². The molecule has 0 bridgehead atoms. The number of rotatable bonds is 11. The highest BCUT2D eigenvalue weighted by Crippen LogP contribution is 2.27. The summed E-state index contributed by atoms with van der Waals surface area (Å²) in [5.74, 6) is 3.48. The van der Waals surface area contributed by atoms with Gasteiger partial charge in [0.1, 0.15) is 6.61 Å². The minimum Gasteiger partial charge on any atom is -0.493 e. The molecule has 0 unspecified atom stereocenters. The van der Waals surface area contributed by atoms with Crippen LogP contribution in [0, 0.1) is 12.3 Å². The Kier molecular flexibility index (Phi) is 9.79. The topological polar surface area (TPSA) is 59.9 Å². The van der Waals surface area contributed by atoms with Crippen LogP contribution >= 0.6 is 0 Å². The molecule has 0 aliphatic rings. The summed E-state index contributed by atoms with van der Waals surface area (Å²) in [4.78, 5) is 11.7. The normalized spacial score (nSPS) is 10.4. The lowest BCUT2D eigenvalue weighted by atomic mass is 10.1. The smallest absolute Gasteiger partial charge is 0.240 e. The van der Waals surface area contributed by atoms with E-state index in [1.807, 2.05) is 6.07 Å². The molecule has 0 atom stereocenters. The highest BCUT2D eigenvalue weighted by molar-refractivity contribution is 5.83. The Balaban J connectivity index is 2.43. The predicted molar refractivity (Wildman–Crippen MR) is 96.4 cm³/mol. The number of unbranched alkanes of at least 4 members (excludes halogenated alkanes) is 4. The SMILES string of the molecule is C#CCOc1ccc(/C=N\NC(=O)CCCCCCC)cc1OC. The van der Waals surface area contributed by atoms with Crippen molar-refractivity contribution in [2.45, 2.75) is 45.4 Å². The number of ether oxygens (including phenoxy) is 2. The average molecular weight is 330 g/mol. The van der Waals surface area contributed by atoms with E-state index in [9.17, 15) is 4.79 Å².